The number of rotatable bonds is 4. The Morgan fingerprint density at radius 2 is 2.05 bits per heavy atom. The molecule has 106 valence electrons. The van der Waals surface area contributed by atoms with Gasteiger partial charge in [0.2, 0.25) is 10.0 Å². The van der Waals surface area contributed by atoms with Crippen molar-refractivity contribution in [2.24, 2.45) is 5.92 Å². The van der Waals surface area contributed by atoms with Gasteiger partial charge in [0, 0.05) is 25.4 Å². The van der Waals surface area contributed by atoms with Gasteiger partial charge >= 0.3 is 0 Å². The standard InChI is InChI=1S/C13H20N2O3S/c1-10-12(14)3-2-4-13(10)19(16,17)15-9-11-5-7-18-8-6-11/h2-4,11,15H,5-9,14H2,1H3. The molecule has 0 aliphatic carbocycles. The quantitative estimate of drug-likeness (QED) is 0.816. The fraction of sp³-hybridized carbons (Fsp3) is 0.538. The molecule has 3 N–H and O–H groups in total. The minimum Gasteiger partial charge on any atom is -0.398 e. The van der Waals surface area contributed by atoms with Crippen LogP contribution in [0.1, 0.15) is 18.4 Å². The molecule has 0 spiro atoms. The first kappa shape index (κ1) is 14.3. The van der Waals surface area contributed by atoms with Crippen LogP contribution >= 0.6 is 0 Å². The lowest BCUT2D eigenvalue weighted by molar-refractivity contribution is 0.0678. The lowest BCUT2D eigenvalue weighted by atomic mass is 10.0. The maximum absolute atomic E-state index is 12.2. The predicted molar refractivity (Wildman–Crippen MR) is 74.3 cm³/mol. The summed E-state index contributed by atoms with van der Waals surface area (Å²) in [5.74, 6) is 0.352. The maximum Gasteiger partial charge on any atom is 0.240 e. The average molecular weight is 284 g/mol. The number of sulfonamides is 1. The van der Waals surface area contributed by atoms with E-state index in [2.05, 4.69) is 4.72 Å². The summed E-state index contributed by atoms with van der Waals surface area (Å²) in [6, 6.07) is 4.94. The smallest absolute Gasteiger partial charge is 0.240 e. The SMILES string of the molecule is Cc1c(N)cccc1S(=O)(=O)NCC1CCOCC1. The maximum atomic E-state index is 12.2. The van der Waals surface area contributed by atoms with Gasteiger partial charge in [0.1, 0.15) is 0 Å². The molecule has 6 heteroatoms. The molecule has 1 heterocycles. The Morgan fingerprint density at radius 1 is 1.37 bits per heavy atom. The minimum atomic E-state index is -3.48. The van der Waals surface area contributed by atoms with Crippen molar-refractivity contribution in [2.45, 2.75) is 24.7 Å². The highest BCUT2D eigenvalue weighted by Gasteiger charge is 2.20. The number of nitrogens with one attached hydrogen (secondary N) is 1. The molecule has 1 aliphatic heterocycles. The summed E-state index contributed by atoms with van der Waals surface area (Å²) in [5.41, 5.74) is 6.84. The summed E-state index contributed by atoms with van der Waals surface area (Å²) in [5, 5.41) is 0. The van der Waals surface area contributed by atoms with Gasteiger partial charge in [-0.05, 0) is 43.4 Å². The van der Waals surface area contributed by atoms with Crippen molar-refractivity contribution in [3.05, 3.63) is 23.8 Å². The molecule has 5 nitrogen and oxygen atoms in total. The van der Waals surface area contributed by atoms with Gasteiger partial charge in [-0.1, -0.05) is 6.07 Å². The summed E-state index contributed by atoms with van der Waals surface area (Å²) >= 11 is 0. The zero-order valence-electron chi connectivity index (χ0n) is 11.1. The number of hydrogen-bond donors (Lipinski definition) is 2. The van der Waals surface area contributed by atoms with Gasteiger partial charge in [-0.15, -0.1) is 0 Å². The second-order valence-corrected chi connectivity index (χ2v) is 6.61. The van der Waals surface area contributed by atoms with Gasteiger partial charge in [0.05, 0.1) is 4.90 Å². The van der Waals surface area contributed by atoms with Crippen molar-refractivity contribution in [3.63, 3.8) is 0 Å². The van der Waals surface area contributed by atoms with E-state index in [1.54, 1.807) is 25.1 Å². The highest BCUT2D eigenvalue weighted by Crippen LogP contribution is 2.21. The molecular weight excluding hydrogens is 264 g/mol. The van der Waals surface area contributed by atoms with Crippen LogP contribution in [0.5, 0.6) is 0 Å². The van der Waals surface area contributed by atoms with Crippen LogP contribution in [0.2, 0.25) is 0 Å². The first-order chi connectivity index (χ1) is 9.00. The van der Waals surface area contributed by atoms with Crippen molar-refractivity contribution in [2.75, 3.05) is 25.5 Å². The van der Waals surface area contributed by atoms with Crippen LogP contribution in [-0.4, -0.2) is 28.2 Å². The molecule has 1 aromatic carbocycles. The van der Waals surface area contributed by atoms with Crippen molar-refractivity contribution in [1.82, 2.24) is 4.72 Å². The lowest BCUT2D eigenvalue weighted by Crippen LogP contribution is -2.32. The molecule has 2 rings (SSSR count). The summed E-state index contributed by atoms with van der Waals surface area (Å²) < 4.78 is 32.4. The Kier molecular flexibility index (Phi) is 4.44. The fourth-order valence-electron chi connectivity index (χ4n) is 2.18. The van der Waals surface area contributed by atoms with Crippen LogP contribution in [0.25, 0.3) is 0 Å². The summed E-state index contributed by atoms with van der Waals surface area (Å²) in [6.45, 7) is 3.60. The monoisotopic (exact) mass is 284 g/mol. The Hall–Kier alpha value is -1.11. The van der Waals surface area contributed by atoms with E-state index in [1.807, 2.05) is 0 Å². The predicted octanol–water partition coefficient (Wildman–Crippen LogP) is 1.28. The van der Waals surface area contributed by atoms with Gasteiger partial charge < -0.3 is 10.5 Å². The summed E-state index contributed by atoms with van der Waals surface area (Å²) in [7, 11) is -3.48. The molecule has 0 aromatic heterocycles. The summed E-state index contributed by atoms with van der Waals surface area (Å²) in [4.78, 5) is 0.263. The molecule has 0 amide bonds. The zero-order valence-corrected chi connectivity index (χ0v) is 11.9. The number of nitrogen functional groups attached to an aromatic ring is 1. The second-order valence-electron chi connectivity index (χ2n) is 4.88. The molecular formula is C13H20N2O3S. The molecule has 0 saturated carbocycles. The van der Waals surface area contributed by atoms with Gasteiger partial charge in [-0.2, -0.15) is 0 Å². The van der Waals surface area contributed by atoms with E-state index in [-0.39, 0.29) is 4.90 Å². The molecule has 0 unspecified atom stereocenters. The highest BCUT2D eigenvalue weighted by atomic mass is 32.2. The first-order valence-corrected chi connectivity index (χ1v) is 7.91. The van der Waals surface area contributed by atoms with Gasteiger partial charge in [-0.3, -0.25) is 0 Å². The Labute approximate surface area is 114 Å². The Morgan fingerprint density at radius 3 is 2.74 bits per heavy atom. The van der Waals surface area contributed by atoms with E-state index in [1.165, 1.54) is 0 Å². The number of nitrogens with two attached hydrogens (primary N) is 1. The highest BCUT2D eigenvalue weighted by molar-refractivity contribution is 7.89. The average Bonchev–Trinajstić information content (AvgIpc) is 2.41. The van der Waals surface area contributed by atoms with Crippen molar-refractivity contribution >= 4 is 15.7 Å². The fourth-order valence-corrected chi connectivity index (χ4v) is 3.57. The molecule has 0 atom stereocenters. The number of anilines is 1. The van der Waals surface area contributed by atoms with E-state index >= 15 is 0 Å². The van der Waals surface area contributed by atoms with Gasteiger partial charge in [-0.25, -0.2) is 13.1 Å². The van der Waals surface area contributed by atoms with E-state index in [4.69, 9.17) is 10.5 Å². The lowest BCUT2D eigenvalue weighted by Gasteiger charge is -2.22. The van der Waals surface area contributed by atoms with Crippen LogP contribution < -0.4 is 10.5 Å². The number of hydrogen-bond acceptors (Lipinski definition) is 4. The molecule has 19 heavy (non-hydrogen) atoms. The van der Waals surface area contributed by atoms with Crippen LogP contribution in [0.3, 0.4) is 0 Å². The normalized spacial score (nSPS) is 17.5. The van der Waals surface area contributed by atoms with E-state index in [0.717, 1.165) is 12.8 Å². The summed E-state index contributed by atoms with van der Waals surface area (Å²) in [6.07, 6.45) is 1.80. The van der Waals surface area contributed by atoms with E-state index in [9.17, 15) is 8.42 Å². The number of benzene rings is 1. The minimum absolute atomic E-state index is 0.263. The van der Waals surface area contributed by atoms with Crippen LogP contribution in [0, 0.1) is 12.8 Å². The third kappa shape index (κ3) is 3.46. The van der Waals surface area contributed by atoms with Crippen LogP contribution in [0.4, 0.5) is 5.69 Å². The van der Waals surface area contributed by atoms with Crippen LogP contribution in [-0.2, 0) is 14.8 Å². The molecule has 1 aromatic rings. The second kappa shape index (κ2) is 5.90. The van der Waals surface area contributed by atoms with Gasteiger partial charge in [0.15, 0.2) is 0 Å². The Bertz CT molecular complexity index is 537. The third-order valence-electron chi connectivity index (χ3n) is 3.52. The van der Waals surface area contributed by atoms with Crippen molar-refractivity contribution in [1.29, 1.82) is 0 Å². The molecule has 1 saturated heterocycles. The van der Waals surface area contributed by atoms with Crippen molar-refractivity contribution < 1.29 is 13.2 Å². The molecule has 0 radical (unpaired) electrons. The van der Waals surface area contributed by atoms with Crippen molar-refractivity contribution in [3.8, 4) is 0 Å². The largest absolute Gasteiger partial charge is 0.398 e. The van der Waals surface area contributed by atoms with E-state index in [0.29, 0.717) is 36.9 Å². The first-order valence-electron chi connectivity index (χ1n) is 6.43. The topological polar surface area (TPSA) is 81.4 Å². The van der Waals surface area contributed by atoms with Gasteiger partial charge in [0.25, 0.3) is 0 Å². The molecule has 1 fully saturated rings. The third-order valence-corrected chi connectivity index (χ3v) is 5.09. The molecule has 0 bridgehead atoms. The van der Waals surface area contributed by atoms with E-state index < -0.39 is 10.0 Å². The van der Waals surface area contributed by atoms with Crippen LogP contribution in [0.15, 0.2) is 23.1 Å². The Balaban J connectivity index is 2.07. The zero-order chi connectivity index (χ0) is 13.9. The number of ether oxygens (including phenoxy) is 1. The molecule has 1 aliphatic rings.